The number of ether oxygens (including phenoxy) is 1. The molecular weight excluding hydrogens is 280 g/mol. The predicted molar refractivity (Wildman–Crippen MR) is 88.5 cm³/mol. The number of hydrogen-bond acceptors (Lipinski definition) is 3. The maximum absolute atomic E-state index is 12.2. The molecule has 0 aromatic heterocycles. The Morgan fingerprint density at radius 1 is 1.10 bits per heavy atom. The summed E-state index contributed by atoms with van der Waals surface area (Å²) in [7, 11) is 0. The highest BCUT2D eigenvalue weighted by molar-refractivity contribution is 7.80. The van der Waals surface area contributed by atoms with Crippen LogP contribution in [-0.4, -0.2) is 17.3 Å². The van der Waals surface area contributed by atoms with Crippen LogP contribution in [0.1, 0.15) is 71.6 Å². The molecule has 3 heteroatoms. The predicted octanol–water partition coefficient (Wildman–Crippen LogP) is 4.62. The smallest absolute Gasteiger partial charge is 0.307 e. The van der Waals surface area contributed by atoms with Crippen molar-refractivity contribution in [2.45, 2.75) is 77.2 Å². The van der Waals surface area contributed by atoms with Crippen LogP contribution in [0.15, 0.2) is 0 Å². The van der Waals surface area contributed by atoms with Crippen LogP contribution in [0.5, 0.6) is 0 Å². The maximum atomic E-state index is 12.2. The summed E-state index contributed by atoms with van der Waals surface area (Å²) >= 11 is 4.19. The van der Waals surface area contributed by atoms with E-state index in [0.29, 0.717) is 12.2 Å². The second-order valence-corrected chi connectivity index (χ2v) is 8.29. The van der Waals surface area contributed by atoms with Crippen LogP contribution in [0.2, 0.25) is 0 Å². The molecule has 4 aliphatic rings. The van der Waals surface area contributed by atoms with Gasteiger partial charge in [-0.3, -0.25) is 4.79 Å². The molecule has 0 aromatic rings. The molecule has 0 spiro atoms. The highest BCUT2D eigenvalue weighted by Gasteiger charge is 2.60. The second-order valence-electron chi connectivity index (χ2n) is 7.85. The lowest BCUT2D eigenvalue weighted by Gasteiger charge is -2.63. The van der Waals surface area contributed by atoms with Crippen molar-refractivity contribution >= 4 is 18.6 Å². The monoisotopic (exact) mass is 310 g/mol. The summed E-state index contributed by atoms with van der Waals surface area (Å²) < 4.78 is 6.17. The van der Waals surface area contributed by atoms with Crippen molar-refractivity contribution in [2.75, 3.05) is 5.75 Å². The third kappa shape index (κ3) is 2.54. The van der Waals surface area contributed by atoms with E-state index in [1.165, 1.54) is 38.5 Å². The van der Waals surface area contributed by atoms with Crippen LogP contribution in [0.4, 0.5) is 0 Å². The van der Waals surface area contributed by atoms with E-state index in [4.69, 9.17) is 4.74 Å². The van der Waals surface area contributed by atoms with Gasteiger partial charge in [0.1, 0.15) is 5.60 Å². The van der Waals surface area contributed by atoms with Crippen LogP contribution in [0, 0.1) is 23.2 Å². The van der Waals surface area contributed by atoms with Crippen molar-refractivity contribution < 1.29 is 9.53 Å². The Kier molecular flexibility index (Phi) is 4.33. The number of carbonyl (C=O) groups excluding carboxylic acids is 1. The zero-order chi connectivity index (χ0) is 15.1. The van der Waals surface area contributed by atoms with E-state index in [2.05, 4.69) is 26.5 Å². The van der Waals surface area contributed by atoms with Crippen LogP contribution >= 0.6 is 12.6 Å². The Morgan fingerprint density at radius 2 is 1.57 bits per heavy atom. The van der Waals surface area contributed by atoms with Gasteiger partial charge in [0, 0.05) is 11.2 Å². The standard InChI is InChI=1S/C18H30O2S/c1-3-18(4-2,20-16(19)5-6-21)17-10-13-7-14(11-17)9-15(8-13)12-17/h13-15,21H,3-12H2,1-2H3. The van der Waals surface area contributed by atoms with Gasteiger partial charge < -0.3 is 4.74 Å². The van der Waals surface area contributed by atoms with E-state index in [-0.39, 0.29) is 17.0 Å². The second kappa shape index (κ2) is 5.79. The molecule has 4 aliphatic carbocycles. The van der Waals surface area contributed by atoms with Gasteiger partial charge in [0.15, 0.2) is 0 Å². The minimum atomic E-state index is -0.219. The maximum Gasteiger partial charge on any atom is 0.307 e. The van der Waals surface area contributed by atoms with Crippen LogP contribution < -0.4 is 0 Å². The molecule has 0 atom stereocenters. The summed E-state index contributed by atoms with van der Waals surface area (Å²) in [5.74, 6) is 3.25. The molecule has 0 heterocycles. The third-order valence-corrected chi connectivity index (χ3v) is 7.00. The van der Waals surface area contributed by atoms with Crippen molar-refractivity contribution in [1.29, 1.82) is 0 Å². The molecule has 2 nitrogen and oxygen atoms in total. The molecule has 21 heavy (non-hydrogen) atoms. The molecule has 0 aliphatic heterocycles. The molecule has 4 saturated carbocycles. The minimum Gasteiger partial charge on any atom is -0.458 e. The largest absolute Gasteiger partial charge is 0.458 e. The van der Waals surface area contributed by atoms with Gasteiger partial charge in [0.25, 0.3) is 0 Å². The highest BCUT2D eigenvalue weighted by atomic mass is 32.1. The molecule has 4 rings (SSSR count). The summed E-state index contributed by atoms with van der Waals surface area (Å²) in [6, 6.07) is 0. The number of rotatable bonds is 6. The summed E-state index contributed by atoms with van der Waals surface area (Å²) in [6.07, 6.45) is 10.6. The number of esters is 1. The first-order valence-electron chi connectivity index (χ1n) is 8.89. The molecular formula is C18H30O2S. The van der Waals surface area contributed by atoms with Gasteiger partial charge in [-0.15, -0.1) is 0 Å². The Morgan fingerprint density at radius 3 is 1.95 bits per heavy atom. The first-order valence-corrected chi connectivity index (χ1v) is 9.52. The van der Waals surface area contributed by atoms with E-state index in [0.717, 1.165) is 30.6 Å². The first kappa shape index (κ1) is 15.7. The van der Waals surface area contributed by atoms with Crippen molar-refractivity contribution in [1.82, 2.24) is 0 Å². The molecule has 0 unspecified atom stereocenters. The number of hydrogen-bond donors (Lipinski definition) is 1. The Balaban J connectivity index is 1.87. The summed E-state index contributed by atoms with van der Waals surface area (Å²) in [4.78, 5) is 12.2. The van der Waals surface area contributed by atoms with Gasteiger partial charge in [-0.1, -0.05) is 13.8 Å². The van der Waals surface area contributed by atoms with Gasteiger partial charge in [-0.25, -0.2) is 0 Å². The van der Waals surface area contributed by atoms with E-state index < -0.39 is 0 Å². The van der Waals surface area contributed by atoms with Gasteiger partial charge in [-0.05, 0) is 69.1 Å². The van der Waals surface area contributed by atoms with Gasteiger partial charge >= 0.3 is 5.97 Å². The zero-order valence-electron chi connectivity index (χ0n) is 13.6. The quantitative estimate of drug-likeness (QED) is 0.572. The lowest BCUT2D eigenvalue weighted by molar-refractivity contribution is -0.211. The van der Waals surface area contributed by atoms with Crippen LogP contribution in [0.3, 0.4) is 0 Å². The number of carbonyl (C=O) groups is 1. The minimum absolute atomic E-state index is 0.0376. The van der Waals surface area contributed by atoms with Gasteiger partial charge in [-0.2, -0.15) is 12.6 Å². The lowest BCUT2D eigenvalue weighted by atomic mass is 9.44. The first-order chi connectivity index (χ1) is 10.1. The van der Waals surface area contributed by atoms with E-state index >= 15 is 0 Å². The normalized spacial score (nSPS) is 37.8. The van der Waals surface area contributed by atoms with E-state index in [1.54, 1.807) is 0 Å². The highest BCUT2D eigenvalue weighted by Crippen LogP contribution is 2.65. The van der Waals surface area contributed by atoms with Crippen molar-refractivity contribution in [3.05, 3.63) is 0 Å². The average molecular weight is 311 g/mol. The average Bonchev–Trinajstić information content (AvgIpc) is 2.43. The number of thiol groups is 1. The summed E-state index contributed by atoms with van der Waals surface area (Å²) in [6.45, 7) is 4.44. The van der Waals surface area contributed by atoms with E-state index in [1.807, 2.05) is 0 Å². The SMILES string of the molecule is CCC(CC)(OC(=O)CCS)C12CC3CC(CC(C3)C1)C2. The lowest BCUT2D eigenvalue weighted by Crippen LogP contribution is -2.59. The van der Waals surface area contributed by atoms with Crippen LogP contribution in [-0.2, 0) is 9.53 Å². The fraction of sp³-hybridized carbons (Fsp3) is 0.944. The zero-order valence-corrected chi connectivity index (χ0v) is 14.5. The molecule has 4 bridgehead atoms. The molecule has 120 valence electrons. The molecule has 0 amide bonds. The Labute approximate surface area is 134 Å². The summed E-state index contributed by atoms with van der Waals surface area (Å²) in [5.41, 5.74) is 0.0561. The van der Waals surface area contributed by atoms with Crippen molar-refractivity contribution in [3.63, 3.8) is 0 Å². The summed E-state index contributed by atoms with van der Waals surface area (Å²) in [5, 5.41) is 0. The Bertz CT molecular complexity index is 365. The third-order valence-electron chi connectivity index (χ3n) is 6.77. The van der Waals surface area contributed by atoms with Crippen molar-refractivity contribution in [3.8, 4) is 0 Å². The molecule has 0 aromatic carbocycles. The molecule has 0 saturated heterocycles. The van der Waals surface area contributed by atoms with Crippen LogP contribution in [0.25, 0.3) is 0 Å². The fourth-order valence-corrected chi connectivity index (χ4v) is 6.46. The van der Waals surface area contributed by atoms with Gasteiger partial charge in [0.2, 0.25) is 0 Å². The van der Waals surface area contributed by atoms with E-state index in [9.17, 15) is 4.79 Å². The topological polar surface area (TPSA) is 26.3 Å². The fourth-order valence-electron chi connectivity index (χ4n) is 6.28. The van der Waals surface area contributed by atoms with Crippen molar-refractivity contribution in [2.24, 2.45) is 23.2 Å². The molecule has 0 radical (unpaired) electrons. The molecule has 4 fully saturated rings. The molecule has 0 N–H and O–H groups in total. The Hall–Kier alpha value is -0.180. The van der Waals surface area contributed by atoms with Gasteiger partial charge in [0.05, 0.1) is 6.42 Å².